The van der Waals surface area contributed by atoms with E-state index in [1.165, 1.54) is 0 Å². The van der Waals surface area contributed by atoms with Crippen LogP contribution in [0.3, 0.4) is 0 Å². The largest absolute Gasteiger partial charge is 0.338 e. The van der Waals surface area contributed by atoms with Crippen LogP contribution < -0.4 is 0 Å². The second-order valence-electron chi connectivity index (χ2n) is 4.67. The number of aromatic amines is 2. The highest BCUT2D eigenvalue weighted by Crippen LogP contribution is 2.25. The number of imidazole rings is 1. The van der Waals surface area contributed by atoms with Gasteiger partial charge in [-0.1, -0.05) is 30.3 Å². The summed E-state index contributed by atoms with van der Waals surface area (Å²) < 4.78 is 0. The molecule has 0 unspecified atom stereocenters. The lowest BCUT2D eigenvalue weighted by Gasteiger charge is -2.00. The van der Waals surface area contributed by atoms with Crippen molar-refractivity contribution >= 4 is 11.0 Å². The molecule has 4 rings (SSSR count). The van der Waals surface area contributed by atoms with Gasteiger partial charge in [-0.25, -0.2) is 4.98 Å². The first-order valence-corrected chi connectivity index (χ1v) is 6.44. The maximum absolute atomic E-state index is 4.63. The van der Waals surface area contributed by atoms with Crippen molar-refractivity contribution in [3.05, 3.63) is 60.9 Å². The molecule has 2 heterocycles. The molecule has 2 N–H and O–H groups in total. The average molecular weight is 260 g/mol. The number of nitrogens with zero attached hydrogens (tertiary/aromatic N) is 2. The van der Waals surface area contributed by atoms with Crippen LogP contribution in [-0.2, 0) is 0 Å². The number of benzene rings is 2. The maximum Gasteiger partial charge on any atom is 0.138 e. The fourth-order valence-corrected chi connectivity index (χ4v) is 2.34. The number of fused-ring (bicyclic) bond motifs is 1. The lowest BCUT2D eigenvalue weighted by molar-refractivity contribution is 1.09. The molecule has 4 nitrogen and oxygen atoms in total. The van der Waals surface area contributed by atoms with Gasteiger partial charge in [0.25, 0.3) is 0 Å². The van der Waals surface area contributed by atoms with Crippen molar-refractivity contribution in [1.29, 1.82) is 0 Å². The van der Waals surface area contributed by atoms with Crippen molar-refractivity contribution in [2.45, 2.75) is 0 Å². The van der Waals surface area contributed by atoms with E-state index in [0.29, 0.717) is 0 Å². The van der Waals surface area contributed by atoms with Crippen LogP contribution in [0.5, 0.6) is 0 Å². The third-order valence-electron chi connectivity index (χ3n) is 3.36. The molecule has 0 fully saturated rings. The summed E-state index contributed by atoms with van der Waals surface area (Å²) in [5.41, 5.74) is 5.30. The molecule has 20 heavy (non-hydrogen) atoms. The minimum absolute atomic E-state index is 0.886. The highest BCUT2D eigenvalue weighted by atomic mass is 15.1. The van der Waals surface area contributed by atoms with Gasteiger partial charge < -0.3 is 4.98 Å². The Morgan fingerprint density at radius 1 is 0.850 bits per heavy atom. The summed E-state index contributed by atoms with van der Waals surface area (Å²) in [6, 6.07) is 16.3. The number of para-hydroxylation sites is 2. The SMILES string of the molecule is c1cc(-c2cn[nH]c2)cc(-c2nc3ccccc3[nH]2)c1. The summed E-state index contributed by atoms with van der Waals surface area (Å²) in [6.07, 6.45) is 3.70. The summed E-state index contributed by atoms with van der Waals surface area (Å²) in [7, 11) is 0. The topological polar surface area (TPSA) is 57.4 Å². The summed E-state index contributed by atoms with van der Waals surface area (Å²) in [5, 5.41) is 6.82. The molecule has 4 heteroatoms. The van der Waals surface area contributed by atoms with Crippen molar-refractivity contribution in [3.63, 3.8) is 0 Å². The normalized spacial score (nSPS) is 11.0. The maximum atomic E-state index is 4.63. The van der Waals surface area contributed by atoms with E-state index < -0.39 is 0 Å². The van der Waals surface area contributed by atoms with Crippen molar-refractivity contribution < 1.29 is 0 Å². The van der Waals surface area contributed by atoms with Crippen molar-refractivity contribution in [1.82, 2.24) is 20.2 Å². The minimum Gasteiger partial charge on any atom is -0.338 e. The Labute approximate surface area is 115 Å². The number of rotatable bonds is 2. The van der Waals surface area contributed by atoms with Gasteiger partial charge in [-0.05, 0) is 23.8 Å². The zero-order valence-electron chi connectivity index (χ0n) is 10.7. The smallest absolute Gasteiger partial charge is 0.138 e. The summed E-state index contributed by atoms with van der Waals surface area (Å²) in [4.78, 5) is 7.98. The Hall–Kier alpha value is -2.88. The van der Waals surface area contributed by atoms with E-state index >= 15 is 0 Å². The predicted octanol–water partition coefficient (Wildman–Crippen LogP) is 3.62. The Kier molecular flexibility index (Phi) is 2.39. The average Bonchev–Trinajstić information content (AvgIpc) is 3.16. The summed E-state index contributed by atoms with van der Waals surface area (Å²) in [5.74, 6) is 0.886. The van der Waals surface area contributed by atoms with Crippen molar-refractivity contribution in [3.8, 4) is 22.5 Å². The number of hydrogen-bond donors (Lipinski definition) is 2. The molecule has 0 saturated carbocycles. The van der Waals surface area contributed by atoms with Crippen LogP contribution in [-0.4, -0.2) is 20.2 Å². The standard InChI is InChI=1S/C16H12N4/c1-2-7-15-14(6-1)19-16(20-15)12-5-3-4-11(8-12)13-9-17-18-10-13/h1-10H,(H,17,18)(H,19,20). The van der Waals surface area contributed by atoms with Gasteiger partial charge in [-0.3, -0.25) is 5.10 Å². The molecule has 2 aromatic carbocycles. The number of aromatic nitrogens is 4. The number of H-pyrrole nitrogens is 2. The zero-order chi connectivity index (χ0) is 13.4. The van der Waals surface area contributed by atoms with Crippen LogP contribution in [0, 0.1) is 0 Å². The van der Waals surface area contributed by atoms with Gasteiger partial charge in [0.1, 0.15) is 5.82 Å². The van der Waals surface area contributed by atoms with E-state index in [1.807, 2.05) is 42.7 Å². The van der Waals surface area contributed by atoms with Crippen LogP contribution in [0.1, 0.15) is 0 Å². The zero-order valence-corrected chi connectivity index (χ0v) is 10.7. The van der Waals surface area contributed by atoms with Gasteiger partial charge in [0.05, 0.1) is 17.2 Å². The highest BCUT2D eigenvalue weighted by Gasteiger charge is 2.06. The van der Waals surface area contributed by atoms with E-state index in [4.69, 9.17) is 0 Å². The molecule has 0 radical (unpaired) electrons. The van der Waals surface area contributed by atoms with E-state index in [1.54, 1.807) is 0 Å². The molecule has 0 aliphatic carbocycles. The van der Waals surface area contributed by atoms with Gasteiger partial charge >= 0.3 is 0 Å². The second-order valence-corrected chi connectivity index (χ2v) is 4.67. The first kappa shape index (κ1) is 11.0. The van der Waals surface area contributed by atoms with Gasteiger partial charge in [0.2, 0.25) is 0 Å². The molecule has 4 aromatic rings. The van der Waals surface area contributed by atoms with Crippen LogP contribution in [0.2, 0.25) is 0 Å². The van der Waals surface area contributed by atoms with Crippen LogP contribution >= 0.6 is 0 Å². The molecule has 0 spiro atoms. The van der Waals surface area contributed by atoms with Crippen LogP contribution in [0.15, 0.2) is 60.9 Å². The monoisotopic (exact) mass is 260 g/mol. The summed E-state index contributed by atoms with van der Waals surface area (Å²) in [6.45, 7) is 0. The minimum atomic E-state index is 0.886. The number of hydrogen-bond acceptors (Lipinski definition) is 2. The van der Waals surface area contributed by atoms with Crippen molar-refractivity contribution in [2.24, 2.45) is 0 Å². The predicted molar refractivity (Wildman–Crippen MR) is 79.1 cm³/mol. The van der Waals surface area contributed by atoms with E-state index in [-0.39, 0.29) is 0 Å². The molecule has 0 saturated heterocycles. The Balaban J connectivity index is 1.84. The molecular formula is C16H12N4. The van der Waals surface area contributed by atoms with Crippen molar-refractivity contribution in [2.75, 3.05) is 0 Å². The third-order valence-corrected chi connectivity index (χ3v) is 3.36. The summed E-state index contributed by atoms with van der Waals surface area (Å²) >= 11 is 0. The molecule has 0 amide bonds. The van der Waals surface area contributed by atoms with E-state index in [9.17, 15) is 0 Å². The lowest BCUT2D eigenvalue weighted by atomic mass is 10.1. The van der Waals surface area contributed by atoms with Gasteiger partial charge in [0.15, 0.2) is 0 Å². The lowest BCUT2D eigenvalue weighted by Crippen LogP contribution is -1.81. The Morgan fingerprint density at radius 2 is 1.75 bits per heavy atom. The first-order chi connectivity index (χ1) is 9.90. The molecular weight excluding hydrogens is 248 g/mol. The Morgan fingerprint density at radius 3 is 2.60 bits per heavy atom. The molecule has 0 bridgehead atoms. The molecule has 0 aliphatic rings. The fourth-order valence-electron chi connectivity index (χ4n) is 2.34. The molecule has 0 aliphatic heterocycles. The van der Waals surface area contributed by atoms with Gasteiger partial charge in [-0.15, -0.1) is 0 Å². The molecule has 96 valence electrons. The third kappa shape index (κ3) is 1.78. The van der Waals surface area contributed by atoms with Gasteiger partial charge in [0, 0.05) is 17.3 Å². The molecule has 0 atom stereocenters. The number of nitrogens with one attached hydrogen (secondary N) is 2. The fraction of sp³-hybridized carbons (Fsp3) is 0. The quantitative estimate of drug-likeness (QED) is 0.578. The second kappa shape index (κ2) is 4.35. The van der Waals surface area contributed by atoms with Crippen LogP contribution in [0.25, 0.3) is 33.5 Å². The first-order valence-electron chi connectivity index (χ1n) is 6.44. The Bertz CT molecular complexity index is 826. The highest BCUT2D eigenvalue weighted by molar-refractivity contribution is 5.80. The van der Waals surface area contributed by atoms with E-state index in [0.717, 1.165) is 33.5 Å². The van der Waals surface area contributed by atoms with Gasteiger partial charge in [-0.2, -0.15) is 5.10 Å². The van der Waals surface area contributed by atoms with Crippen LogP contribution in [0.4, 0.5) is 0 Å². The molecule has 2 aromatic heterocycles. The van der Waals surface area contributed by atoms with E-state index in [2.05, 4.69) is 38.4 Å².